The van der Waals surface area contributed by atoms with Crippen LogP contribution in [0.3, 0.4) is 0 Å². The molecule has 28 heavy (non-hydrogen) atoms. The van der Waals surface area contributed by atoms with Crippen LogP contribution in [0.15, 0.2) is 51.7 Å². The maximum Gasteiger partial charge on any atom is 0.277 e. The van der Waals surface area contributed by atoms with Crippen molar-refractivity contribution in [1.29, 1.82) is 0 Å². The minimum atomic E-state index is -0.584. The van der Waals surface area contributed by atoms with Gasteiger partial charge < -0.3 is 16.4 Å². The second-order valence-electron chi connectivity index (χ2n) is 5.77. The predicted octanol–water partition coefficient (Wildman–Crippen LogP) is 2.71. The first-order chi connectivity index (χ1) is 13.4. The summed E-state index contributed by atoms with van der Waals surface area (Å²) in [6.07, 6.45) is 0. The minimum absolute atomic E-state index is 0.0388. The van der Waals surface area contributed by atoms with E-state index in [1.165, 1.54) is 11.3 Å². The molecular weight excluding hydrogens is 398 g/mol. The Labute approximate surface area is 168 Å². The third-order valence-corrected chi connectivity index (χ3v) is 5.33. The molecule has 3 aromatic rings. The molecule has 8 nitrogen and oxygen atoms in total. The summed E-state index contributed by atoms with van der Waals surface area (Å²) in [6, 6.07) is 10.8. The summed E-state index contributed by atoms with van der Waals surface area (Å²) >= 11 is 2.28. The third kappa shape index (κ3) is 4.99. The van der Waals surface area contributed by atoms with Gasteiger partial charge in [0.1, 0.15) is 0 Å². The molecule has 0 radical (unpaired) electrons. The van der Waals surface area contributed by atoms with Crippen LogP contribution in [0, 0.1) is 6.92 Å². The molecule has 0 saturated heterocycles. The first kappa shape index (κ1) is 19.6. The fourth-order valence-corrected chi connectivity index (χ4v) is 3.50. The van der Waals surface area contributed by atoms with Crippen molar-refractivity contribution in [1.82, 2.24) is 9.97 Å². The van der Waals surface area contributed by atoms with Crippen LogP contribution in [-0.4, -0.2) is 27.5 Å². The lowest BCUT2D eigenvalue weighted by Gasteiger charge is -2.08. The van der Waals surface area contributed by atoms with Crippen LogP contribution in [0.1, 0.15) is 15.2 Å². The molecule has 0 aliphatic heterocycles. The van der Waals surface area contributed by atoms with E-state index in [1.807, 2.05) is 19.1 Å². The number of nitrogens with two attached hydrogens (primary N) is 1. The van der Waals surface area contributed by atoms with Crippen molar-refractivity contribution in [2.45, 2.75) is 12.1 Å². The van der Waals surface area contributed by atoms with Crippen molar-refractivity contribution in [3.05, 3.63) is 62.6 Å². The molecular formula is C18H17N5O3S2. The Balaban J connectivity index is 1.62. The number of rotatable bonds is 6. The van der Waals surface area contributed by atoms with Gasteiger partial charge in [0.25, 0.3) is 11.5 Å². The fourth-order valence-electron chi connectivity index (χ4n) is 2.21. The van der Waals surface area contributed by atoms with Crippen LogP contribution in [-0.2, 0) is 4.79 Å². The molecule has 0 aliphatic carbocycles. The van der Waals surface area contributed by atoms with E-state index in [4.69, 9.17) is 5.73 Å². The van der Waals surface area contributed by atoms with Gasteiger partial charge in [-0.2, -0.15) is 0 Å². The summed E-state index contributed by atoms with van der Waals surface area (Å²) in [5, 5.41) is 7.16. The molecule has 2 amide bonds. The van der Waals surface area contributed by atoms with Gasteiger partial charge in [-0.3, -0.25) is 19.4 Å². The molecule has 0 bridgehead atoms. The summed E-state index contributed by atoms with van der Waals surface area (Å²) in [7, 11) is 0. The van der Waals surface area contributed by atoms with E-state index in [2.05, 4.69) is 20.6 Å². The van der Waals surface area contributed by atoms with Crippen LogP contribution >= 0.6 is 23.1 Å². The van der Waals surface area contributed by atoms with Gasteiger partial charge in [0.15, 0.2) is 16.7 Å². The number of hydrogen-bond donors (Lipinski definition) is 4. The van der Waals surface area contributed by atoms with Crippen molar-refractivity contribution in [3.8, 4) is 0 Å². The number of benzene rings is 1. The van der Waals surface area contributed by atoms with Gasteiger partial charge in [0.2, 0.25) is 5.91 Å². The van der Waals surface area contributed by atoms with Gasteiger partial charge in [0, 0.05) is 5.69 Å². The van der Waals surface area contributed by atoms with E-state index in [0.717, 1.165) is 17.3 Å². The van der Waals surface area contributed by atoms with Crippen LogP contribution < -0.4 is 21.9 Å². The van der Waals surface area contributed by atoms with Crippen molar-refractivity contribution in [2.24, 2.45) is 0 Å². The topological polar surface area (TPSA) is 130 Å². The number of amides is 2. The molecule has 0 saturated carbocycles. The molecule has 0 atom stereocenters. The van der Waals surface area contributed by atoms with Gasteiger partial charge in [0.05, 0.1) is 10.6 Å². The zero-order valence-corrected chi connectivity index (χ0v) is 16.4. The zero-order valence-electron chi connectivity index (χ0n) is 14.8. The average Bonchev–Trinajstić information content (AvgIpc) is 3.20. The molecule has 0 unspecified atom stereocenters. The Morgan fingerprint density at radius 2 is 1.96 bits per heavy atom. The molecule has 2 aromatic heterocycles. The highest BCUT2D eigenvalue weighted by atomic mass is 32.2. The summed E-state index contributed by atoms with van der Waals surface area (Å²) < 4.78 is 0. The summed E-state index contributed by atoms with van der Waals surface area (Å²) in [4.78, 5) is 43.4. The lowest BCUT2D eigenvalue weighted by Crippen LogP contribution is -2.23. The van der Waals surface area contributed by atoms with Crippen LogP contribution in [0.25, 0.3) is 0 Å². The van der Waals surface area contributed by atoms with Crippen LogP contribution in [0.2, 0.25) is 0 Å². The molecule has 3 rings (SSSR count). The number of aromatic amines is 1. The number of carbonyl (C=O) groups excluding carboxylic acids is 2. The Hall–Kier alpha value is -3.11. The van der Waals surface area contributed by atoms with Crippen LogP contribution in [0.5, 0.6) is 0 Å². The van der Waals surface area contributed by atoms with E-state index in [0.29, 0.717) is 10.6 Å². The van der Waals surface area contributed by atoms with Crippen LogP contribution in [0.4, 0.5) is 17.2 Å². The molecule has 0 spiro atoms. The number of thioether (sulfide) groups is 1. The second kappa shape index (κ2) is 8.72. The maximum atomic E-state index is 12.2. The Morgan fingerprint density at radius 3 is 2.61 bits per heavy atom. The molecule has 144 valence electrons. The van der Waals surface area contributed by atoms with E-state index < -0.39 is 11.5 Å². The quantitative estimate of drug-likeness (QED) is 0.362. The standard InChI is InChI=1S/C18H17N5O3S2/c1-10-4-6-11(7-5-10)20-13(24)9-28-18-22-15(19)14(17(26)23-18)21-16(25)12-3-2-8-27-12/h2-8H,9H2,1H3,(H,20,24)(H,21,25)(H3,19,22,23,26). The van der Waals surface area contributed by atoms with Gasteiger partial charge in [-0.1, -0.05) is 35.5 Å². The number of thiophene rings is 1. The SMILES string of the molecule is Cc1ccc(NC(=O)CSc2nc(N)c(NC(=O)c3cccs3)c(=O)[nH]2)cc1. The Bertz CT molecular complexity index is 1050. The maximum absolute atomic E-state index is 12.2. The van der Waals surface area contributed by atoms with Crippen molar-refractivity contribution in [2.75, 3.05) is 22.1 Å². The number of H-pyrrole nitrogens is 1. The van der Waals surface area contributed by atoms with E-state index >= 15 is 0 Å². The fraction of sp³-hybridized carbons (Fsp3) is 0.111. The number of hydrogen-bond acceptors (Lipinski definition) is 7. The monoisotopic (exact) mass is 415 g/mol. The molecule has 0 aliphatic rings. The van der Waals surface area contributed by atoms with Gasteiger partial charge in [-0.25, -0.2) is 4.98 Å². The Kier molecular flexibility index (Phi) is 6.12. The summed E-state index contributed by atoms with van der Waals surface area (Å²) in [5.74, 6) is -0.760. The lowest BCUT2D eigenvalue weighted by molar-refractivity contribution is -0.113. The molecule has 0 fully saturated rings. The zero-order chi connectivity index (χ0) is 20.1. The van der Waals surface area contributed by atoms with Crippen molar-refractivity contribution < 1.29 is 9.59 Å². The first-order valence-electron chi connectivity index (χ1n) is 8.16. The normalized spacial score (nSPS) is 10.5. The number of anilines is 3. The van der Waals surface area contributed by atoms with Crippen molar-refractivity contribution in [3.63, 3.8) is 0 Å². The first-order valence-corrected chi connectivity index (χ1v) is 10.0. The average molecular weight is 416 g/mol. The highest BCUT2D eigenvalue weighted by Crippen LogP contribution is 2.19. The second-order valence-corrected chi connectivity index (χ2v) is 7.68. The Morgan fingerprint density at radius 1 is 1.21 bits per heavy atom. The number of carbonyl (C=O) groups is 2. The number of nitrogens with one attached hydrogen (secondary N) is 3. The largest absolute Gasteiger partial charge is 0.382 e. The van der Waals surface area contributed by atoms with Gasteiger partial charge in [-0.15, -0.1) is 11.3 Å². The van der Waals surface area contributed by atoms with E-state index in [9.17, 15) is 14.4 Å². The van der Waals surface area contributed by atoms with E-state index in [-0.39, 0.29) is 28.3 Å². The third-order valence-electron chi connectivity index (χ3n) is 3.58. The number of aromatic nitrogens is 2. The highest BCUT2D eigenvalue weighted by molar-refractivity contribution is 7.99. The van der Waals surface area contributed by atoms with Crippen molar-refractivity contribution >= 4 is 52.1 Å². The van der Waals surface area contributed by atoms with Gasteiger partial charge >= 0.3 is 0 Å². The summed E-state index contributed by atoms with van der Waals surface area (Å²) in [6.45, 7) is 1.96. The number of nitrogen functional groups attached to an aromatic ring is 1. The molecule has 2 heterocycles. The summed E-state index contributed by atoms with van der Waals surface area (Å²) in [5.41, 5.74) is 6.89. The number of nitrogens with zero attached hydrogens (tertiary/aromatic N) is 1. The highest BCUT2D eigenvalue weighted by Gasteiger charge is 2.15. The molecule has 5 N–H and O–H groups in total. The smallest absolute Gasteiger partial charge is 0.277 e. The van der Waals surface area contributed by atoms with Gasteiger partial charge in [-0.05, 0) is 30.5 Å². The van der Waals surface area contributed by atoms with E-state index in [1.54, 1.807) is 29.6 Å². The molecule has 10 heteroatoms. The lowest BCUT2D eigenvalue weighted by atomic mass is 10.2. The number of aryl methyl sites for hydroxylation is 1. The minimum Gasteiger partial charge on any atom is -0.382 e. The molecule has 1 aromatic carbocycles. The predicted molar refractivity (Wildman–Crippen MR) is 112 cm³/mol.